The van der Waals surface area contributed by atoms with Gasteiger partial charge in [-0.1, -0.05) is 11.6 Å². The van der Waals surface area contributed by atoms with E-state index in [-0.39, 0.29) is 6.07 Å². The zero-order valence-electron chi connectivity index (χ0n) is 8.46. The van der Waals surface area contributed by atoms with Gasteiger partial charge < -0.3 is 14.2 Å². The lowest BCUT2D eigenvalue weighted by Gasteiger charge is -2.13. The van der Waals surface area contributed by atoms with Crippen LogP contribution in [0.25, 0.3) is 0 Å². The van der Waals surface area contributed by atoms with Crippen molar-refractivity contribution in [2.75, 3.05) is 20.3 Å². The van der Waals surface area contributed by atoms with Crippen molar-refractivity contribution in [1.82, 2.24) is 0 Å². The van der Waals surface area contributed by atoms with E-state index in [1.54, 1.807) is 14.2 Å². The van der Waals surface area contributed by atoms with Crippen LogP contribution in [0.5, 0.6) is 17.2 Å². The minimum absolute atomic E-state index is 0.0653. The quantitative estimate of drug-likeness (QED) is 0.725. The molecule has 0 saturated heterocycles. The number of hydrogen-bond acceptors (Lipinski definition) is 3. The summed E-state index contributed by atoms with van der Waals surface area (Å²) in [6.07, 6.45) is 0. The summed E-state index contributed by atoms with van der Waals surface area (Å²) in [5.41, 5.74) is 1.04. The summed E-state index contributed by atoms with van der Waals surface area (Å²) >= 11 is 5.50. The van der Waals surface area contributed by atoms with Crippen LogP contribution in [0.1, 0.15) is 5.56 Å². The first-order valence-corrected chi connectivity index (χ1v) is 4.67. The molecule has 0 bridgehead atoms. The molecule has 0 saturated carbocycles. The van der Waals surface area contributed by atoms with Crippen LogP contribution in [0.3, 0.4) is 0 Å². The van der Waals surface area contributed by atoms with Gasteiger partial charge in [0.15, 0.2) is 17.6 Å². The third-order valence-corrected chi connectivity index (χ3v) is 1.91. The Kier molecular flexibility index (Phi) is 3.89. The molecule has 0 atom stereocenters. The van der Waals surface area contributed by atoms with E-state index >= 15 is 0 Å². The van der Waals surface area contributed by atoms with Crippen molar-refractivity contribution in [2.45, 2.75) is 6.92 Å². The van der Waals surface area contributed by atoms with Crippen molar-refractivity contribution in [2.24, 2.45) is 0 Å². The highest BCUT2D eigenvalue weighted by atomic mass is 35.5. The average molecular weight is 217 g/mol. The van der Waals surface area contributed by atoms with E-state index < -0.39 is 0 Å². The summed E-state index contributed by atoms with van der Waals surface area (Å²) in [5.74, 6) is 1.79. The van der Waals surface area contributed by atoms with Gasteiger partial charge in [-0.3, -0.25) is 0 Å². The van der Waals surface area contributed by atoms with E-state index in [1.807, 2.05) is 19.1 Å². The minimum atomic E-state index is 0.0653. The number of rotatable bonds is 4. The largest absolute Gasteiger partial charge is 0.493 e. The molecule has 0 heterocycles. The maximum Gasteiger partial charge on any atom is 0.204 e. The zero-order chi connectivity index (χ0) is 10.6. The smallest absolute Gasteiger partial charge is 0.204 e. The number of alkyl halides is 1. The molecule has 1 rings (SSSR count). The molecular weight excluding hydrogens is 204 g/mol. The number of hydrogen-bond donors (Lipinski definition) is 0. The Morgan fingerprint density at radius 2 is 1.64 bits per heavy atom. The van der Waals surface area contributed by atoms with E-state index in [0.717, 1.165) is 5.56 Å². The molecule has 78 valence electrons. The molecule has 1 aromatic carbocycles. The van der Waals surface area contributed by atoms with E-state index in [1.165, 1.54) is 0 Å². The van der Waals surface area contributed by atoms with Crippen molar-refractivity contribution in [3.8, 4) is 17.2 Å². The molecule has 0 N–H and O–H groups in total. The Morgan fingerprint density at radius 3 is 2.00 bits per heavy atom. The van der Waals surface area contributed by atoms with Crippen LogP contribution in [0, 0.1) is 6.92 Å². The molecule has 0 fully saturated rings. The first kappa shape index (κ1) is 11.0. The van der Waals surface area contributed by atoms with Crippen molar-refractivity contribution in [3.63, 3.8) is 0 Å². The predicted molar refractivity (Wildman–Crippen MR) is 55.6 cm³/mol. The zero-order valence-corrected chi connectivity index (χ0v) is 9.22. The number of halogens is 1. The molecule has 0 aliphatic carbocycles. The van der Waals surface area contributed by atoms with Crippen LogP contribution in [0.4, 0.5) is 0 Å². The minimum Gasteiger partial charge on any atom is -0.493 e. The molecule has 3 nitrogen and oxygen atoms in total. The SMILES string of the molecule is COc1cc(C)cc(OC)c1OCCl. The highest BCUT2D eigenvalue weighted by molar-refractivity contribution is 6.17. The van der Waals surface area contributed by atoms with Gasteiger partial charge in [0.1, 0.15) is 0 Å². The van der Waals surface area contributed by atoms with Crippen LogP contribution >= 0.6 is 11.6 Å². The lowest BCUT2D eigenvalue weighted by molar-refractivity contribution is 0.312. The lowest BCUT2D eigenvalue weighted by Crippen LogP contribution is -1.97. The van der Waals surface area contributed by atoms with Crippen molar-refractivity contribution >= 4 is 11.6 Å². The normalized spacial score (nSPS) is 9.71. The second-order valence-electron chi connectivity index (χ2n) is 2.75. The molecule has 1 aromatic rings. The average Bonchev–Trinajstić information content (AvgIpc) is 2.20. The topological polar surface area (TPSA) is 27.7 Å². The van der Waals surface area contributed by atoms with Gasteiger partial charge in [0.25, 0.3) is 0 Å². The van der Waals surface area contributed by atoms with Gasteiger partial charge in [0.2, 0.25) is 5.75 Å². The number of aryl methyl sites for hydroxylation is 1. The van der Waals surface area contributed by atoms with E-state index in [2.05, 4.69) is 0 Å². The molecule has 0 amide bonds. The molecular formula is C10H13ClO3. The molecule has 0 aliphatic rings. The van der Waals surface area contributed by atoms with Gasteiger partial charge >= 0.3 is 0 Å². The highest BCUT2D eigenvalue weighted by Gasteiger charge is 2.12. The maximum atomic E-state index is 5.50. The third-order valence-electron chi connectivity index (χ3n) is 1.80. The lowest BCUT2D eigenvalue weighted by atomic mass is 10.2. The molecule has 0 aromatic heterocycles. The summed E-state index contributed by atoms with van der Waals surface area (Å²) in [6, 6.07) is 3.80. The fourth-order valence-corrected chi connectivity index (χ4v) is 1.32. The first-order chi connectivity index (χ1) is 6.72. The number of methoxy groups -OCH3 is 2. The first-order valence-electron chi connectivity index (χ1n) is 4.14. The Hall–Kier alpha value is -1.09. The van der Waals surface area contributed by atoms with E-state index in [0.29, 0.717) is 17.2 Å². The van der Waals surface area contributed by atoms with E-state index in [4.69, 9.17) is 25.8 Å². The second-order valence-corrected chi connectivity index (χ2v) is 2.97. The summed E-state index contributed by atoms with van der Waals surface area (Å²) in [7, 11) is 3.16. The van der Waals surface area contributed by atoms with Gasteiger partial charge in [-0.25, -0.2) is 0 Å². The van der Waals surface area contributed by atoms with Gasteiger partial charge in [0, 0.05) is 0 Å². The fraction of sp³-hybridized carbons (Fsp3) is 0.400. The van der Waals surface area contributed by atoms with Gasteiger partial charge in [-0.2, -0.15) is 0 Å². The molecule has 0 unspecified atom stereocenters. The predicted octanol–water partition coefficient (Wildman–Crippen LogP) is 2.59. The van der Waals surface area contributed by atoms with Gasteiger partial charge in [0.05, 0.1) is 14.2 Å². The Balaban J connectivity index is 3.18. The molecule has 0 aliphatic heterocycles. The maximum absolute atomic E-state index is 5.50. The van der Waals surface area contributed by atoms with Gasteiger partial charge in [-0.05, 0) is 24.6 Å². The van der Waals surface area contributed by atoms with Crippen LogP contribution in [-0.2, 0) is 0 Å². The van der Waals surface area contributed by atoms with Crippen LogP contribution in [0.15, 0.2) is 12.1 Å². The summed E-state index contributed by atoms with van der Waals surface area (Å²) in [5, 5.41) is 0. The number of ether oxygens (including phenoxy) is 3. The van der Waals surface area contributed by atoms with Crippen LogP contribution < -0.4 is 14.2 Å². The summed E-state index contributed by atoms with van der Waals surface area (Å²) < 4.78 is 15.5. The Morgan fingerprint density at radius 1 is 1.14 bits per heavy atom. The third kappa shape index (κ3) is 2.23. The van der Waals surface area contributed by atoms with Crippen molar-refractivity contribution in [3.05, 3.63) is 17.7 Å². The number of benzene rings is 1. The summed E-state index contributed by atoms with van der Waals surface area (Å²) in [6.45, 7) is 1.95. The molecule has 0 spiro atoms. The Bertz CT molecular complexity index is 287. The molecule has 4 heteroatoms. The van der Waals surface area contributed by atoms with E-state index in [9.17, 15) is 0 Å². The fourth-order valence-electron chi connectivity index (χ4n) is 1.21. The van der Waals surface area contributed by atoms with Crippen LogP contribution in [0.2, 0.25) is 0 Å². The standard InChI is InChI=1S/C10H13ClO3/c1-7-4-8(12-2)10(14-6-11)9(5-7)13-3/h4-5H,6H2,1-3H3. The highest BCUT2D eigenvalue weighted by Crippen LogP contribution is 2.38. The second kappa shape index (κ2) is 4.96. The monoisotopic (exact) mass is 216 g/mol. The molecule has 14 heavy (non-hydrogen) atoms. The van der Waals surface area contributed by atoms with Crippen molar-refractivity contribution in [1.29, 1.82) is 0 Å². The summed E-state index contributed by atoms with van der Waals surface area (Å²) in [4.78, 5) is 0. The van der Waals surface area contributed by atoms with Crippen molar-refractivity contribution < 1.29 is 14.2 Å². The van der Waals surface area contributed by atoms with Gasteiger partial charge in [-0.15, -0.1) is 0 Å². The Labute approximate surface area is 88.5 Å². The molecule has 0 radical (unpaired) electrons. The van der Waals surface area contributed by atoms with Crippen LogP contribution in [-0.4, -0.2) is 20.3 Å².